The summed E-state index contributed by atoms with van der Waals surface area (Å²) in [6, 6.07) is 3.55. The molecule has 0 aromatic heterocycles. The molecule has 1 atom stereocenters. The molecule has 0 radical (unpaired) electrons. The van der Waals surface area contributed by atoms with Gasteiger partial charge in [0.2, 0.25) is 0 Å². The van der Waals surface area contributed by atoms with Gasteiger partial charge in [0, 0.05) is 0 Å². The van der Waals surface area contributed by atoms with Crippen LogP contribution in [0.3, 0.4) is 0 Å². The molecule has 0 aliphatic heterocycles. The van der Waals surface area contributed by atoms with Gasteiger partial charge in [-0.25, -0.2) is 8.78 Å². The number of hydrogen-bond acceptors (Lipinski definition) is 2. The number of carbonyl (C=O) groups excluding carboxylic acids is 1. The van der Waals surface area contributed by atoms with E-state index in [1.54, 1.807) is 20.8 Å². The summed E-state index contributed by atoms with van der Waals surface area (Å²) in [4.78, 5) is 11.6. The third kappa shape index (κ3) is 3.25. The van der Waals surface area contributed by atoms with E-state index in [1.165, 1.54) is 13.0 Å². The van der Waals surface area contributed by atoms with E-state index in [0.717, 1.165) is 12.1 Å². The minimum atomic E-state index is -0.942. The molecular formula is C13H16F2O2. The summed E-state index contributed by atoms with van der Waals surface area (Å²) >= 11 is 0. The lowest BCUT2D eigenvalue weighted by Gasteiger charge is -2.21. The van der Waals surface area contributed by atoms with Crippen LogP contribution in [0.4, 0.5) is 8.78 Å². The van der Waals surface area contributed by atoms with Gasteiger partial charge in [0.1, 0.15) is 17.7 Å². The highest BCUT2D eigenvalue weighted by molar-refractivity contribution is 5.75. The molecule has 1 aromatic rings. The van der Waals surface area contributed by atoms with Gasteiger partial charge in [-0.1, -0.05) is 6.07 Å². The molecule has 0 aliphatic carbocycles. The predicted molar refractivity (Wildman–Crippen MR) is 60.3 cm³/mol. The topological polar surface area (TPSA) is 26.3 Å². The van der Waals surface area contributed by atoms with Crippen LogP contribution in [0.1, 0.15) is 39.4 Å². The first-order chi connectivity index (χ1) is 7.73. The molecule has 0 saturated carbocycles. The van der Waals surface area contributed by atoms with Crippen molar-refractivity contribution < 1.29 is 18.3 Å². The molecule has 0 N–H and O–H groups in total. The van der Waals surface area contributed by atoms with Gasteiger partial charge in [0.05, 0.1) is 11.0 Å². The molecule has 0 saturated heterocycles. The Morgan fingerprint density at radius 1 is 1.24 bits per heavy atom. The number of benzene rings is 1. The Balaban J connectivity index is 2.91. The Hall–Kier alpha value is -1.45. The maximum Gasteiger partial charge on any atom is 0.311 e. The number of ether oxygens (including phenoxy) is 1. The first-order valence-electron chi connectivity index (χ1n) is 5.38. The fourth-order valence-corrected chi connectivity index (χ4v) is 1.30. The first-order valence-corrected chi connectivity index (χ1v) is 5.38. The molecule has 0 spiro atoms. The number of halogens is 2. The van der Waals surface area contributed by atoms with Crippen molar-refractivity contribution in [1.29, 1.82) is 0 Å². The van der Waals surface area contributed by atoms with Crippen LogP contribution >= 0.6 is 0 Å². The second-order valence-electron chi connectivity index (χ2n) is 4.93. The van der Waals surface area contributed by atoms with Crippen LogP contribution in [-0.2, 0) is 9.53 Å². The SMILES string of the molecule is C[C@H](OC(=O)C(C)(C)C)c1c(F)cccc1F. The van der Waals surface area contributed by atoms with Gasteiger partial charge in [-0.05, 0) is 39.8 Å². The second kappa shape index (κ2) is 4.82. The van der Waals surface area contributed by atoms with Crippen LogP contribution < -0.4 is 0 Å². The Morgan fingerprint density at radius 3 is 2.12 bits per heavy atom. The minimum absolute atomic E-state index is 0.217. The van der Waals surface area contributed by atoms with Crippen LogP contribution in [0.5, 0.6) is 0 Å². The number of hydrogen-bond donors (Lipinski definition) is 0. The van der Waals surface area contributed by atoms with E-state index in [1.807, 2.05) is 0 Å². The molecule has 0 aliphatic rings. The maximum atomic E-state index is 13.4. The molecule has 1 aromatic carbocycles. The molecule has 1 rings (SSSR count). The van der Waals surface area contributed by atoms with E-state index in [9.17, 15) is 13.6 Å². The molecule has 0 heterocycles. The Kier molecular flexibility index (Phi) is 3.86. The number of rotatable bonds is 2. The Morgan fingerprint density at radius 2 is 1.71 bits per heavy atom. The molecule has 17 heavy (non-hydrogen) atoms. The summed E-state index contributed by atoms with van der Waals surface area (Å²) in [5.74, 6) is -1.91. The molecule has 0 bridgehead atoms. The third-order valence-electron chi connectivity index (χ3n) is 2.30. The zero-order chi connectivity index (χ0) is 13.2. The van der Waals surface area contributed by atoms with E-state index >= 15 is 0 Å². The average Bonchev–Trinajstić information content (AvgIpc) is 2.15. The highest BCUT2D eigenvalue weighted by Crippen LogP contribution is 2.26. The zero-order valence-corrected chi connectivity index (χ0v) is 10.4. The lowest BCUT2D eigenvalue weighted by Crippen LogP contribution is -2.24. The lowest BCUT2D eigenvalue weighted by molar-refractivity contribution is -0.158. The van der Waals surface area contributed by atoms with Gasteiger partial charge in [0.15, 0.2) is 0 Å². The van der Waals surface area contributed by atoms with Crippen molar-refractivity contribution >= 4 is 5.97 Å². The van der Waals surface area contributed by atoms with Gasteiger partial charge in [-0.3, -0.25) is 4.79 Å². The number of esters is 1. The van der Waals surface area contributed by atoms with Gasteiger partial charge in [0.25, 0.3) is 0 Å². The van der Waals surface area contributed by atoms with Crippen LogP contribution in [0.15, 0.2) is 18.2 Å². The summed E-state index contributed by atoms with van der Waals surface area (Å²) in [6.45, 7) is 6.49. The van der Waals surface area contributed by atoms with Gasteiger partial charge in [-0.15, -0.1) is 0 Å². The van der Waals surface area contributed by atoms with Crippen molar-refractivity contribution in [2.24, 2.45) is 5.41 Å². The molecule has 0 amide bonds. The predicted octanol–water partition coefficient (Wildman–Crippen LogP) is 3.62. The smallest absolute Gasteiger partial charge is 0.311 e. The molecule has 2 nitrogen and oxygen atoms in total. The van der Waals surface area contributed by atoms with Crippen molar-refractivity contribution in [3.8, 4) is 0 Å². The summed E-state index contributed by atoms with van der Waals surface area (Å²) in [5, 5.41) is 0. The van der Waals surface area contributed by atoms with Crippen molar-refractivity contribution in [1.82, 2.24) is 0 Å². The highest BCUT2D eigenvalue weighted by Gasteiger charge is 2.27. The van der Waals surface area contributed by atoms with Crippen molar-refractivity contribution in [2.45, 2.75) is 33.8 Å². The van der Waals surface area contributed by atoms with Crippen LogP contribution in [0.2, 0.25) is 0 Å². The second-order valence-corrected chi connectivity index (χ2v) is 4.93. The van der Waals surface area contributed by atoms with Crippen LogP contribution in [-0.4, -0.2) is 5.97 Å². The van der Waals surface area contributed by atoms with E-state index in [2.05, 4.69) is 0 Å². The molecular weight excluding hydrogens is 226 g/mol. The summed E-state index contributed by atoms with van der Waals surface area (Å²) in [6.07, 6.45) is -0.942. The summed E-state index contributed by atoms with van der Waals surface area (Å²) in [5.41, 5.74) is -0.916. The quantitative estimate of drug-likeness (QED) is 0.740. The largest absolute Gasteiger partial charge is 0.457 e. The summed E-state index contributed by atoms with van der Waals surface area (Å²) < 4.78 is 31.9. The maximum absolute atomic E-state index is 13.4. The molecule has 0 fully saturated rings. The Bertz CT molecular complexity index is 402. The highest BCUT2D eigenvalue weighted by atomic mass is 19.1. The average molecular weight is 242 g/mol. The Labute approximate surface area is 99.6 Å². The van der Waals surface area contributed by atoms with Crippen molar-refractivity contribution in [3.63, 3.8) is 0 Å². The van der Waals surface area contributed by atoms with E-state index in [0.29, 0.717) is 0 Å². The first kappa shape index (κ1) is 13.6. The third-order valence-corrected chi connectivity index (χ3v) is 2.30. The van der Waals surface area contributed by atoms with E-state index in [4.69, 9.17) is 4.74 Å². The van der Waals surface area contributed by atoms with Gasteiger partial charge < -0.3 is 4.74 Å². The standard InChI is InChI=1S/C13H16F2O2/c1-8(17-12(16)13(2,3)4)11-9(14)6-5-7-10(11)15/h5-8H,1-4H3/t8-/m0/s1. The molecule has 94 valence electrons. The van der Waals surface area contributed by atoms with Gasteiger partial charge >= 0.3 is 5.97 Å². The zero-order valence-electron chi connectivity index (χ0n) is 10.4. The monoisotopic (exact) mass is 242 g/mol. The lowest BCUT2D eigenvalue weighted by atomic mass is 9.97. The number of carbonyl (C=O) groups is 1. The van der Waals surface area contributed by atoms with Gasteiger partial charge in [-0.2, -0.15) is 0 Å². The van der Waals surface area contributed by atoms with Crippen LogP contribution in [0.25, 0.3) is 0 Å². The van der Waals surface area contributed by atoms with Crippen LogP contribution in [0, 0.1) is 17.0 Å². The van der Waals surface area contributed by atoms with Crippen molar-refractivity contribution in [3.05, 3.63) is 35.4 Å². The fourth-order valence-electron chi connectivity index (χ4n) is 1.30. The van der Waals surface area contributed by atoms with Crippen molar-refractivity contribution in [2.75, 3.05) is 0 Å². The summed E-state index contributed by atoms with van der Waals surface area (Å²) in [7, 11) is 0. The molecule has 4 heteroatoms. The minimum Gasteiger partial charge on any atom is -0.457 e. The molecule has 0 unspecified atom stereocenters. The van der Waals surface area contributed by atoms with E-state index in [-0.39, 0.29) is 5.56 Å². The normalized spacial score (nSPS) is 13.3. The van der Waals surface area contributed by atoms with E-state index < -0.39 is 29.1 Å². The fraction of sp³-hybridized carbons (Fsp3) is 0.462.